The molecule has 1 aliphatic carbocycles. The summed E-state index contributed by atoms with van der Waals surface area (Å²) in [5, 5.41) is 42.6. The van der Waals surface area contributed by atoms with E-state index in [0.29, 0.717) is 77.0 Å². The Morgan fingerprint density at radius 2 is 1.30 bits per heavy atom. The van der Waals surface area contributed by atoms with Crippen LogP contribution in [0, 0.1) is 29.6 Å². The Morgan fingerprint density at radius 1 is 0.556 bits per heavy atom. The molecule has 15 heterocycles. The van der Waals surface area contributed by atoms with Crippen LogP contribution in [-0.2, 0) is 71.1 Å². The highest BCUT2D eigenvalue weighted by molar-refractivity contribution is 5.70. The van der Waals surface area contributed by atoms with Gasteiger partial charge in [-0.1, -0.05) is 40.9 Å². The van der Waals surface area contributed by atoms with Crippen molar-refractivity contribution in [1.82, 2.24) is 0 Å². The van der Waals surface area contributed by atoms with Gasteiger partial charge in [0.2, 0.25) is 5.79 Å². The lowest BCUT2D eigenvalue weighted by Crippen LogP contribution is -2.66. The first-order chi connectivity index (χ1) is 38.8. The van der Waals surface area contributed by atoms with Gasteiger partial charge in [0.1, 0.15) is 24.4 Å². The molecule has 0 aromatic carbocycles. The van der Waals surface area contributed by atoms with E-state index in [9.17, 15) is 25.2 Å². The van der Waals surface area contributed by atoms with Crippen LogP contribution < -0.4 is 0 Å². The average Bonchev–Trinajstić information content (AvgIpc) is 4.41. The highest BCUT2D eigenvalue weighted by Gasteiger charge is 2.74. The maximum atomic E-state index is 14.6. The van der Waals surface area contributed by atoms with Crippen LogP contribution in [0.15, 0.2) is 24.3 Å². The normalized spacial score (nSPS) is 57.0. The van der Waals surface area contributed by atoms with Crippen molar-refractivity contribution >= 4 is 5.97 Å². The standard InChI is InChI=1S/C62H90O19/c1-28-15-35-8-11-40-29(2)16-37(68-40)13-14-59-23-38-48(24-59)74-58-57(80-59)56-41(79-62(38,58)67)12-9-36(70-56)17-51(66)75-55-33(6)54-46(71-45(55)18-42(69-35)32(28)5)20-44-49(73-54)25-61(76-44)26-50-53(81-61)31(4)22-60(78-50)21-30(3)52-47(77-60)19-43(72-52)39(65)10-7-34(64)27-63/h28,30-31,33-50,52-58,63-65,67H,2,5,7-27H2,1,3-4,6H3. The fraction of sp³-hybridized carbons (Fsp3) is 0.919. The summed E-state index contributed by atoms with van der Waals surface area (Å²) in [7, 11) is 0. The van der Waals surface area contributed by atoms with Crippen LogP contribution >= 0.6 is 0 Å². The molecule has 32 unspecified atom stereocenters. The molecule has 0 amide bonds. The molecule has 0 aromatic rings. The first-order valence-electron chi connectivity index (χ1n) is 31.7. The predicted molar refractivity (Wildman–Crippen MR) is 283 cm³/mol. The molecule has 4 N–H and O–H groups in total. The molecule has 16 aliphatic rings. The van der Waals surface area contributed by atoms with E-state index in [0.717, 1.165) is 49.7 Å². The van der Waals surface area contributed by atoms with E-state index in [4.69, 9.17) is 66.3 Å². The van der Waals surface area contributed by atoms with Crippen molar-refractivity contribution in [2.24, 2.45) is 29.6 Å². The maximum Gasteiger partial charge on any atom is 0.308 e. The highest BCUT2D eigenvalue weighted by Crippen LogP contribution is 2.62. The van der Waals surface area contributed by atoms with Crippen molar-refractivity contribution < 1.29 is 91.5 Å². The molecule has 16 fully saturated rings. The molecule has 15 saturated heterocycles. The number of carbonyl (C=O) groups excluding carboxylic acids is 1. The summed E-state index contributed by atoms with van der Waals surface area (Å²) in [5.41, 5.74) is 1.63. The van der Waals surface area contributed by atoms with Crippen LogP contribution in [-0.4, -0.2) is 196 Å². The van der Waals surface area contributed by atoms with Gasteiger partial charge in [-0.15, -0.1) is 0 Å². The third-order valence-corrected chi connectivity index (χ3v) is 23.0. The second-order valence-corrected chi connectivity index (χ2v) is 28.6. The Labute approximate surface area is 475 Å². The van der Waals surface area contributed by atoms with Crippen LogP contribution in [0.25, 0.3) is 0 Å². The minimum Gasteiger partial charge on any atom is -0.459 e. The van der Waals surface area contributed by atoms with Crippen LogP contribution in [0.3, 0.4) is 0 Å². The summed E-state index contributed by atoms with van der Waals surface area (Å²) >= 11 is 0. The average molecular weight is 1140 g/mol. The van der Waals surface area contributed by atoms with Crippen molar-refractivity contribution in [3.63, 3.8) is 0 Å². The largest absolute Gasteiger partial charge is 0.459 e. The second-order valence-electron chi connectivity index (χ2n) is 28.6. The zero-order chi connectivity index (χ0) is 55.6. The van der Waals surface area contributed by atoms with E-state index < -0.39 is 90.1 Å². The topological polar surface area (TPSA) is 227 Å². The Kier molecular flexibility index (Phi) is 14.3. The summed E-state index contributed by atoms with van der Waals surface area (Å²) in [4.78, 5) is 14.6. The summed E-state index contributed by atoms with van der Waals surface area (Å²) in [5.74, 6) is -3.60. The lowest BCUT2D eigenvalue weighted by molar-refractivity contribution is -0.354. The number of ether oxygens (including phenoxy) is 14. The van der Waals surface area contributed by atoms with Gasteiger partial charge in [-0.3, -0.25) is 4.79 Å². The first-order valence-corrected chi connectivity index (χ1v) is 31.7. The third-order valence-electron chi connectivity index (χ3n) is 23.0. The van der Waals surface area contributed by atoms with Crippen LogP contribution in [0.1, 0.15) is 156 Å². The number of fused-ring (bicyclic) bond motifs is 10. The molecule has 32 atom stereocenters. The zero-order valence-corrected chi connectivity index (χ0v) is 47.8. The predicted octanol–water partition coefficient (Wildman–Crippen LogP) is 5.30. The molecule has 81 heavy (non-hydrogen) atoms. The first kappa shape index (κ1) is 55.8. The van der Waals surface area contributed by atoms with Gasteiger partial charge in [-0.05, 0) is 99.5 Å². The van der Waals surface area contributed by atoms with E-state index in [1.165, 1.54) is 0 Å². The van der Waals surface area contributed by atoms with Crippen molar-refractivity contribution in [3.05, 3.63) is 24.3 Å². The van der Waals surface area contributed by atoms with E-state index in [-0.39, 0.29) is 128 Å². The molecule has 12 bridgehead atoms. The number of aliphatic hydroxyl groups excluding tert-OH is 3. The minimum absolute atomic E-state index is 0.0236. The van der Waals surface area contributed by atoms with Crippen molar-refractivity contribution in [2.75, 3.05) is 6.61 Å². The van der Waals surface area contributed by atoms with Crippen LogP contribution in [0.4, 0.5) is 0 Å². The van der Waals surface area contributed by atoms with E-state index >= 15 is 0 Å². The maximum absolute atomic E-state index is 14.6. The van der Waals surface area contributed by atoms with E-state index in [1.807, 2.05) is 0 Å². The zero-order valence-electron chi connectivity index (χ0n) is 47.8. The summed E-state index contributed by atoms with van der Waals surface area (Å²) < 4.78 is 96.9. The molecule has 3 spiro atoms. The Hall–Kier alpha value is -1.73. The number of rotatable bonds is 5. The number of carbonyl (C=O) groups is 1. The Bertz CT molecular complexity index is 2410. The number of hydrogen-bond donors (Lipinski definition) is 4. The van der Waals surface area contributed by atoms with Crippen LogP contribution in [0.2, 0.25) is 0 Å². The molecule has 1 saturated carbocycles. The number of esters is 1. The van der Waals surface area contributed by atoms with Crippen molar-refractivity contribution in [3.8, 4) is 0 Å². The van der Waals surface area contributed by atoms with Gasteiger partial charge in [-0.2, -0.15) is 0 Å². The van der Waals surface area contributed by atoms with E-state index in [1.54, 1.807) is 0 Å². The van der Waals surface area contributed by atoms with Gasteiger partial charge < -0.3 is 86.7 Å². The third kappa shape index (κ3) is 9.65. The van der Waals surface area contributed by atoms with Gasteiger partial charge in [0.25, 0.3) is 0 Å². The minimum atomic E-state index is -1.45. The number of aliphatic hydroxyl groups is 4. The lowest BCUT2D eigenvalue weighted by atomic mass is 9.79. The molecular formula is C62H90O19. The SMILES string of the molecule is C=C1CC2CCC34CC5OC6C(O3)C3OC(CCC3OC6(O)C5C4)CC(=O)OC3C(CC4OC(CCC1O2)CC(C)C4=C)OC1CC2OC4(CC2OC1C3C)CC1OC2(CC(C)C3OC(C(O)CCC(O)CO)CC3O2)CC(C)C1O4. The molecule has 19 nitrogen and oxygen atoms in total. The van der Waals surface area contributed by atoms with Gasteiger partial charge >= 0.3 is 5.97 Å². The van der Waals surface area contributed by atoms with Crippen molar-refractivity contribution in [2.45, 2.75) is 319 Å². The lowest BCUT2D eigenvalue weighted by Gasteiger charge is -2.51. The highest BCUT2D eigenvalue weighted by atomic mass is 16.8. The van der Waals surface area contributed by atoms with E-state index in [2.05, 4.69) is 40.9 Å². The molecule has 452 valence electrons. The smallest absolute Gasteiger partial charge is 0.308 e. The molecule has 0 aromatic heterocycles. The van der Waals surface area contributed by atoms with Gasteiger partial charge in [-0.25, -0.2) is 0 Å². The second kappa shape index (κ2) is 20.7. The van der Waals surface area contributed by atoms with Crippen molar-refractivity contribution in [1.29, 1.82) is 0 Å². The van der Waals surface area contributed by atoms with Gasteiger partial charge in [0.15, 0.2) is 11.6 Å². The Balaban J connectivity index is 0.652. The molecular weight excluding hydrogens is 1050 g/mol. The molecule has 19 heteroatoms. The summed E-state index contributed by atoms with van der Waals surface area (Å²) in [6.07, 6.45) is 3.21. The van der Waals surface area contributed by atoms with Crippen LogP contribution in [0.5, 0.6) is 0 Å². The Morgan fingerprint density at radius 3 is 2.14 bits per heavy atom. The van der Waals surface area contributed by atoms with Gasteiger partial charge in [0.05, 0.1) is 135 Å². The fourth-order valence-corrected chi connectivity index (χ4v) is 19.0. The quantitative estimate of drug-likeness (QED) is 0.202. The number of hydrogen-bond acceptors (Lipinski definition) is 19. The summed E-state index contributed by atoms with van der Waals surface area (Å²) in [6, 6.07) is 0. The molecule has 16 rings (SSSR count). The molecule has 0 radical (unpaired) electrons. The molecule has 15 aliphatic heterocycles. The summed E-state index contributed by atoms with van der Waals surface area (Å²) in [6.45, 7) is 17.5. The fourth-order valence-electron chi connectivity index (χ4n) is 19.0. The monoisotopic (exact) mass is 1140 g/mol. The van der Waals surface area contributed by atoms with Gasteiger partial charge in [0, 0.05) is 63.2 Å².